The van der Waals surface area contributed by atoms with Crippen LogP contribution in [0.15, 0.2) is 17.5 Å². The van der Waals surface area contributed by atoms with E-state index in [1.165, 1.54) is 4.50 Å². The van der Waals surface area contributed by atoms with Crippen LogP contribution in [0.25, 0.3) is 0 Å². The summed E-state index contributed by atoms with van der Waals surface area (Å²) in [7, 11) is -2.07. The zero-order chi connectivity index (χ0) is 10.4. The molecule has 0 spiro atoms. The molecule has 4 heteroatoms. The molecule has 0 atom stereocenters. The lowest BCUT2D eigenvalue weighted by molar-refractivity contribution is 0.197. The number of hydrogen-bond donors (Lipinski definition) is 0. The number of rotatable bonds is 6. The Balaban J connectivity index is 2.88. The second-order valence-electron chi connectivity index (χ2n) is 2.95. The molecule has 1 heterocycles. The molecule has 1 rings (SSSR count). The van der Waals surface area contributed by atoms with Crippen molar-refractivity contribution >= 4 is 24.4 Å². The summed E-state index contributed by atoms with van der Waals surface area (Å²) in [6, 6.07) is 5.18. The average molecular weight is 230 g/mol. The largest absolute Gasteiger partial charge is 0.391 e. The molecule has 1 aromatic rings. The molecule has 0 radical (unpaired) electrons. The van der Waals surface area contributed by atoms with Gasteiger partial charge in [-0.25, -0.2) is 0 Å². The summed E-state index contributed by atoms with van der Waals surface area (Å²) in [5, 5.41) is 2.09. The van der Waals surface area contributed by atoms with E-state index < -0.39 is 8.56 Å². The van der Waals surface area contributed by atoms with Crippen molar-refractivity contribution in [2.75, 3.05) is 13.2 Å². The van der Waals surface area contributed by atoms with Crippen molar-refractivity contribution in [3.63, 3.8) is 0 Å². The van der Waals surface area contributed by atoms with Crippen molar-refractivity contribution in [3.8, 4) is 0 Å². The monoisotopic (exact) mass is 230 g/mol. The van der Waals surface area contributed by atoms with Crippen molar-refractivity contribution in [3.05, 3.63) is 17.5 Å². The predicted octanol–water partition coefficient (Wildman–Crippen LogP) is 2.49. The fourth-order valence-electron chi connectivity index (χ4n) is 1.52. The van der Waals surface area contributed by atoms with E-state index >= 15 is 0 Å². The topological polar surface area (TPSA) is 18.5 Å². The van der Waals surface area contributed by atoms with Crippen LogP contribution in [0.2, 0.25) is 6.04 Å². The molecule has 0 N–H and O–H groups in total. The Hall–Kier alpha value is -0.163. The Bertz CT molecular complexity index is 243. The van der Waals surface area contributed by atoms with Gasteiger partial charge in [0.25, 0.3) is 0 Å². The standard InChI is InChI=1S/C10H18O2SSi/c1-4-11-14(6-3,12-5-2)10-8-7-9-13-10/h7-9H,4-6H2,1-3H3. The third-order valence-electron chi connectivity index (χ3n) is 2.12. The van der Waals surface area contributed by atoms with Crippen molar-refractivity contribution in [2.45, 2.75) is 26.8 Å². The van der Waals surface area contributed by atoms with E-state index in [4.69, 9.17) is 8.85 Å². The Morgan fingerprint density at radius 1 is 1.21 bits per heavy atom. The van der Waals surface area contributed by atoms with Crippen LogP contribution in [-0.4, -0.2) is 21.8 Å². The molecule has 0 saturated carbocycles. The summed E-state index contributed by atoms with van der Waals surface area (Å²) < 4.78 is 13.1. The Kier molecular flexibility index (Phi) is 4.81. The Morgan fingerprint density at radius 2 is 1.86 bits per heavy atom. The molecular formula is C10H18O2SSi. The van der Waals surface area contributed by atoms with E-state index in [1.807, 2.05) is 13.8 Å². The van der Waals surface area contributed by atoms with Gasteiger partial charge in [-0.3, -0.25) is 0 Å². The van der Waals surface area contributed by atoms with Crippen LogP contribution in [0.3, 0.4) is 0 Å². The van der Waals surface area contributed by atoms with E-state index in [2.05, 4.69) is 24.4 Å². The maximum Gasteiger partial charge on any atom is 0.382 e. The maximum absolute atomic E-state index is 5.89. The lowest BCUT2D eigenvalue weighted by Gasteiger charge is -2.27. The number of hydrogen-bond acceptors (Lipinski definition) is 3. The lowest BCUT2D eigenvalue weighted by atomic mass is 10.7. The molecule has 0 amide bonds. The van der Waals surface area contributed by atoms with Crippen molar-refractivity contribution < 1.29 is 8.85 Å². The van der Waals surface area contributed by atoms with Crippen LogP contribution >= 0.6 is 11.3 Å². The predicted molar refractivity (Wildman–Crippen MR) is 63.4 cm³/mol. The van der Waals surface area contributed by atoms with Crippen LogP contribution in [0.5, 0.6) is 0 Å². The third-order valence-corrected chi connectivity index (χ3v) is 7.45. The first-order chi connectivity index (χ1) is 6.79. The van der Waals surface area contributed by atoms with E-state index in [9.17, 15) is 0 Å². The molecule has 14 heavy (non-hydrogen) atoms. The minimum Gasteiger partial charge on any atom is -0.391 e. The van der Waals surface area contributed by atoms with Gasteiger partial charge < -0.3 is 8.85 Å². The third kappa shape index (κ3) is 2.45. The molecule has 0 fully saturated rings. The molecule has 0 unspecified atom stereocenters. The minimum absolute atomic E-state index is 0.734. The second-order valence-corrected chi connectivity index (χ2v) is 7.59. The van der Waals surface area contributed by atoms with Gasteiger partial charge in [0.2, 0.25) is 0 Å². The van der Waals surface area contributed by atoms with Gasteiger partial charge in [0.15, 0.2) is 0 Å². The van der Waals surface area contributed by atoms with E-state index in [0.29, 0.717) is 0 Å². The first kappa shape index (κ1) is 11.9. The van der Waals surface area contributed by atoms with E-state index in [0.717, 1.165) is 19.3 Å². The highest BCUT2D eigenvalue weighted by Crippen LogP contribution is 2.16. The summed E-state index contributed by atoms with van der Waals surface area (Å²) >= 11 is 1.75. The van der Waals surface area contributed by atoms with Crippen molar-refractivity contribution in [1.29, 1.82) is 0 Å². The molecule has 0 aliphatic rings. The zero-order valence-electron chi connectivity index (χ0n) is 9.08. The lowest BCUT2D eigenvalue weighted by Crippen LogP contribution is -2.52. The Labute approximate surface area is 91.1 Å². The van der Waals surface area contributed by atoms with Gasteiger partial charge in [0.05, 0.1) is 0 Å². The van der Waals surface area contributed by atoms with Crippen molar-refractivity contribution in [2.24, 2.45) is 0 Å². The number of thiophene rings is 1. The molecule has 80 valence electrons. The van der Waals surface area contributed by atoms with Gasteiger partial charge in [-0.15, -0.1) is 11.3 Å². The smallest absolute Gasteiger partial charge is 0.382 e. The molecule has 0 aromatic carbocycles. The highest BCUT2D eigenvalue weighted by Gasteiger charge is 2.38. The van der Waals surface area contributed by atoms with E-state index in [1.54, 1.807) is 11.3 Å². The molecular weight excluding hydrogens is 212 g/mol. The van der Waals surface area contributed by atoms with Crippen LogP contribution in [0, 0.1) is 0 Å². The van der Waals surface area contributed by atoms with Crippen LogP contribution < -0.4 is 4.50 Å². The van der Waals surface area contributed by atoms with Gasteiger partial charge in [0, 0.05) is 17.7 Å². The van der Waals surface area contributed by atoms with Gasteiger partial charge >= 0.3 is 8.56 Å². The summed E-state index contributed by atoms with van der Waals surface area (Å²) in [6.45, 7) is 7.68. The van der Waals surface area contributed by atoms with Crippen LogP contribution in [0.4, 0.5) is 0 Å². The molecule has 0 bridgehead atoms. The normalized spacial score (nSPS) is 11.9. The summed E-state index contributed by atoms with van der Waals surface area (Å²) in [4.78, 5) is 0. The highest BCUT2D eigenvalue weighted by molar-refractivity contribution is 7.23. The highest BCUT2D eigenvalue weighted by atomic mass is 32.1. The van der Waals surface area contributed by atoms with Crippen LogP contribution in [0.1, 0.15) is 20.8 Å². The van der Waals surface area contributed by atoms with Crippen LogP contribution in [-0.2, 0) is 8.85 Å². The zero-order valence-corrected chi connectivity index (χ0v) is 10.9. The SMILES string of the molecule is CCO[Si](CC)(OCC)c1cccs1. The quantitative estimate of drug-likeness (QED) is 0.699. The van der Waals surface area contributed by atoms with Gasteiger partial charge in [0.1, 0.15) is 0 Å². The van der Waals surface area contributed by atoms with Gasteiger partial charge in [-0.05, 0) is 31.3 Å². The van der Waals surface area contributed by atoms with E-state index in [-0.39, 0.29) is 0 Å². The van der Waals surface area contributed by atoms with Crippen molar-refractivity contribution in [1.82, 2.24) is 0 Å². The summed E-state index contributed by atoms with van der Waals surface area (Å²) in [5.74, 6) is 0. The molecule has 2 nitrogen and oxygen atoms in total. The molecule has 0 saturated heterocycles. The average Bonchev–Trinajstić information content (AvgIpc) is 2.70. The summed E-state index contributed by atoms with van der Waals surface area (Å²) in [6.07, 6.45) is 0. The Morgan fingerprint density at radius 3 is 2.21 bits per heavy atom. The van der Waals surface area contributed by atoms with Gasteiger partial charge in [-0.1, -0.05) is 13.0 Å². The van der Waals surface area contributed by atoms with Gasteiger partial charge in [-0.2, -0.15) is 0 Å². The fourth-order valence-corrected chi connectivity index (χ4v) is 6.10. The second kappa shape index (κ2) is 5.65. The minimum atomic E-state index is -2.07. The fraction of sp³-hybridized carbons (Fsp3) is 0.600. The summed E-state index contributed by atoms with van der Waals surface area (Å²) in [5.41, 5.74) is 0. The molecule has 0 aliphatic heterocycles. The molecule has 1 aromatic heterocycles. The molecule has 0 aliphatic carbocycles. The maximum atomic E-state index is 5.89. The first-order valence-electron chi connectivity index (χ1n) is 5.11. The first-order valence-corrected chi connectivity index (χ1v) is 8.01.